The zero-order valence-electron chi connectivity index (χ0n) is 9.82. The van der Waals surface area contributed by atoms with E-state index in [-0.39, 0.29) is 0 Å². The van der Waals surface area contributed by atoms with Crippen LogP contribution < -0.4 is 4.90 Å². The summed E-state index contributed by atoms with van der Waals surface area (Å²) in [4.78, 5) is 10.9. The van der Waals surface area contributed by atoms with Gasteiger partial charge in [-0.3, -0.25) is 0 Å². The van der Waals surface area contributed by atoms with E-state index in [1.54, 1.807) is 6.20 Å². The molecule has 1 aliphatic heterocycles. The van der Waals surface area contributed by atoms with Crippen molar-refractivity contribution in [3.05, 3.63) is 38.7 Å². The Morgan fingerprint density at radius 1 is 1.39 bits per heavy atom. The van der Waals surface area contributed by atoms with Crippen molar-refractivity contribution < 1.29 is 0 Å². The van der Waals surface area contributed by atoms with Crippen LogP contribution in [0.2, 0.25) is 5.15 Å². The van der Waals surface area contributed by atoms with E-state index in [0.29, 0.717) is 11.0 Å². The fourth-order valence-electron chi connectivity index (χ4n) is 2.19. The highest BCUT2D eigenvalue weighted by Gasteiger charge is 2.16. The van der Waals surface area contributed by atoms with Crippen LogP contribution in [0, 0.1) is 3.57 Å². The van der Waals surface area contributed by atoms with Gasteiger partial charge in [-0.1, -0.05) is 11.6 Å². The molecule has 0 fully saturated rings. The van der Waals surface area contributed by atoms with Gasteiger partial charge < -0.3 is 4.90 Å². The van der Waals surface area contributed by atoms with E-state index in [2.05, 4.69) is 62.7 Å². The van der Waals surface area contributed by atoms with Gasteiger partial charge in [0.05, 0.1) is 3.57 Å². The SMILES string of the molecule is CN1CCc2cc(-c3ncc(I)c(Cl)n3)ccc21. The molecule has 0 spiro atoms. The van der Waals surface area contributed by atoms with Gasteiger partial charge in [0.1, 0.15) is 5.15 Å². The summed E-state index contributed by atoms with van der Waals surface area (Å²) >= 11 is 8.17. The van der Waals surface area contributed by atoms with Crippen molar-refractivity contribution in [2.45, 2.75) is 6.42 Å². The van der Waals surface area contributed by atoms with Gasteiger partial charge in [-0.25, -0.2) is 9.97 Å². The summed E-state index contributed by atoms with van der Waals surface area (Å²) in [6, 6.07) is 6.35. The van der Waals surface area contributed by atoms with Gasteiger partial charge in [0.25, 0.3) is 0 Å². The molecule has 0 aliphatic carbocycles. The Labute approximate surface area is 124 Å². The third-order valence-electron chi connectivity index (χ3n) is 3.17. The van der Waals surface area contributed by atoms with E-state index >= 15 is 0 Å². The number of halogens is 2. The number of rotatable bonds is 1. The molecule has 5 heteroatoms. The van der Waals surface area contributed by atoms with Crippen LogP contribution in [-0.2, 0) is 6.42 Å². The number of anilines is 1. The quantitative estimate of drug-likeness (QED) is 0.568. The second kappa shape index (κ2) is 4.66. The first kappa shape index (κ1) is 12.2. The van der Waals surface area contributed by atoms with Crippen molar-refractivity contribution in [3.8, 4) is 11.4 Å². The minimum absolute atomic E-state index is 0.512. The lowest BCUT2D eigenvalue weighted by molar-refractivity contribution is 0.956. The smallest absolute Gasteiger partial charge is 0.160 e. The van der Waals surface area contributed by atoms with Crippen LogP contribution in [0.5, 0.6) is 0 Å². The molecule has 0 atom stereocenters. The molecular weight excluding hydrogens is 361 g/mol. The molecule has 1 aromatic carbocycles. The number of hydrogen-bond donors (Lipinski definition) is 0. The predicted molar refractivity (Wildman–Crippen MR) is 82.2 cm³/mol. The maximum absolute atomic E-state index is 6.04. The molecule has 3 rings (SSSR count). The summed E-state index contributed by atoms with van der Waals surface area (Å²) in [5.74, 6) is 0.692. The first-order chi connectivity index (χ1) is 8.65. The van der Waals surface area contributed by atoms with E-state index in [0.717, 1.165) is 22.1 Å². The Kier molecular flexibility index (Phi) is 3.15. The fraction of sp³-hybridized carbons (Fsp3) is 0.231. The van der Waals surface area contributed by atoms with Crippen molar-refractivity contribution in [2.24, 2.45) is 0 Å². The van der Waals surface area contributed by atoms with E-state index in [4.69, 9.17) is 11.6 Å². The van der Waals surface area contributed by atoms with Crippen LogP contribution in [0.4, 0.5) is 5.69 Å². The van der Waals surface area contributed by atoms with E-state index in [9.17, 15) is 0 Å². The second-order valence-corrected chi connectivity index (χ2v) is 5.87. The van der Waals surface area contributed by atoms with Crippen LogP contribution >= 0.6 is 34.2 Å². The Balaban J connectivity index is 2.05. The highest BCUT2D eigenvalue weighted by molar-refractivity contribution is 14.1. The molecule has 2 heterocycles. The summed E-state index contributed by atoms with van der Waals surface area (Å²) in [6.45, 7) is 1.08. The highest BCUT2D eigenvalue weighted by atomic mass is 127. The van der Waals surface area contributed by atoms with Gasteiger partial charge in [-0.05, 0) is 52.8 Å². The second-order valence-electron chi connectivity index (χ2n) is 4.35. The van der Waals surface area contributed by atoms with Gasteiger partial charge in [-0.2, -0.15) is 0 Å². The molecule has 0 bridgehead atoms. The summed E-state index contributed by atoms with van der Waals surface area (Å²) in [7, 11) is 2.11. The standard InChI is InChI=1S/C13H11ClIN3/c1-18-5-4-8-6-9(2-3-11(8)18)13-16-7-10(15)12(14)17-13/h2-3,6-7H,4-5H2,1H3. The number of aromatic nitrogens is 2. The van der Waals surface area contributed by atoms with Crippen molar-refractivity contribution in [1.29, 1.82) is 0 Å². The Morgan fingerprint density at radius 3 is 3.00 bits per heavy atom. The maximum atomic E-state index is 6.04. The fourth-order valence-corrected chi connectivity index (χ4v) is 2.58. The molecule has 0 N–H and O–H groups in total. The van der Waals surface area contributed by atoms with Gasteiger partial charge in [-0.15, -0.1) is 0 Å². The number of fused-ring (bicyclic) bond motifs is 1. The van der Waals surface area contributed by atoms with Gasteiger partial charge >= 0.3 is 0 Å². The van der Waals surface area contributed by atoms with E-state index in [1.807, 2.05) is 0 Å². The van der Waals surface area contributed by atoms with Crippen LogP contribution in [0.15, 0.2) is 24.4 Å². The Morgan fingerprint density at radius 2 is 2.22 bits per heavy atom. The first-order valence-electron chi connectivity index (χ1n) is 5.67. The monoisotopic (exact) mass is 371 g/mol. The number of nitrogens with zero attached hydrogens (tertiary/aromatic N) is 3. The molecule has 18 heavy (non-hydrogen) atoms. The molecular formula is C13H11ClIN3. The average Bonchev–Trinajstić information content (AvgIpc) is 2.74. The topological polar surface area (TPSA) is 29.0 Å². The third-order valence-corrected chi connectivity index (χ3v) is 4.56. The minimum atomic E-state index is 0.512. The van der Waals surface area contributed by atoms with E-state index in [1.165, 1.54) is 11.3 Å². The van der Waals surface area contributed by atoms with Crippen LogP contribution in [0.3, 0.4) is 0 Å². The van der Waals surface area contributed by atoms with Crippen LogP contribution in [0.25, 0.3) is 11.4 Å². The van der Waals surface area contributed by atoms with Crippen LogP contribution in [0.1, 0.15) is 5.56 Å². The molecule has 0 saturated carbocycles. The minimum Gasteiger partial charge on any atom is -0.374 e. The van der Waals surface area contributed by atoms with Crippen molar-refractivity contribution >= 4 is 39.9 Å². The zero-order valence-corrected chi connectivity index (χ0v) is 12.7. The lowest BCUT2D eigenvalue weighted by Crippen LogP contribution is -2.12. The molecule has 2 aromatic rings. The summed E-state index contributed by atoms with van der Waals surface area (Å²) in [5.41, 5.74) is 3.69. The molecule has 0 saturated heterocycles. The largest absolute Gasteiger partial charge is 0.374 e. The highest BCUT2D eigenvalue weighted by Crippen LogP contribution is 2.30. The van der Waals surface area contributed by atoms with Gasteiger partial charge in [0.15, 0.2) is 5.82 Å². The molecule has 0 amide bonds. The lowest BCUT2D eigenvalue weighted by Gasteiger charge is -2.11. The van der Waals surface area contributed by atoms with Gasteiger partial charge in [0, 0.05) is 31.0 Å². The summed E-state index contributed by atoms with van der Waals surface area (Å²) < 4.78 is 0.874. The molecule has 1 aliphatic rings. The van der Waals surface area contributed by atoms with Crippen molar-refractivity contribution in [2.75, 3.05) is 18.5 Å². The molecule has 3 nitrogen and oxygen atoms in total. The number of likely N-dealkylation sites (N-methyl/N-ethyl adjacent to an activating group) is 1. The summed E-state index contributed by atoms with van der Waals surface area (Å²) in [5, 5.41) is 0.512. The van der Waals surface area contributed by atoms with E-state index < -0.39 is 0 Å². The third kappa shape index (κ3) is 2.07. The number of hydrogen-bond acceptors (Lipinski definition) is 3. The molecule has 1 aromatic heterocycles. The number of benzene rings is 1. The normalized spacial score (nSPS) is 13.8. The Hall–Kier alpha value is -0.880. The molecule has 92 valence electrons. The Bertz CT molecular complexity index is 615. The molecule has 0 radical (unpaired) electrons. The lowest BCUT2D eigenvalue weighted by atomic mass is 10.1. The van der Waals surface area contributed by atoms with Crippen molar-refractivity contribution in [1.82, 2.24) is 9.97 Å². The zero-order chi connectivity index (χ0) is 12.7. The summed E-state index contributed by atoms with van der Waals surface area (Å²) in [6.07, 6.45) is 2.84. The average molecular weight is 372 g/mol. The maximum Gasteiger partial charge on any atom is 0.160 e. The first-order valence-corrected chi connectivity index (χ1v) is 7.13. The van der Waals surface area contributed by atoms with Crippen LogP contribution in [-0.4, -0.2) is 23.6 Å². The van der Waals surface area contributed by atoms with Crippen molar-refractivity contribution in [3.63, 3.8) is 0 Å². The predicted octanol–water partition coefficient (Wildman–Crippen LogP) is 3.39. The molecule has 0 unspecified atom stereocenters. The van der Waals surface area contributed by atoms with Gasteiger partial charge in [0.2, 0.25) is 0 Å².